The third kappa shape index (κ3) is 2.27. The fraction of sp³-hybridized carbons (Fsp3) is 0.400. The summed E-state index contributed by atoms with van der Waals surface area (Å²) in [7, 11) is 0. The maximum atomic E-state index is 11.4. The van der Waals surface area contributed by atoms with Crippen LogP contribution in [0, 0.1) is 19.8 Å². The molecule has 2 aromatic rings. The minimum absolute atomic E-state index is 0.461. The van der Waals surface area contributed by atoms with Gasteiger partial charge in [0, 0.05) is 4.70 Å². The van der Waals surface area contributed by atoms with Crippen LogP contribution in [-0.4, -0.2) is 11.1 Å². The highest BCUT2D eigenvalue weighted by Crippen LogP contribution is 2.34. The van der Waals surface area contributed by atoms with Crippen molar-refractivity contribution in [2.45, 2.75) is 34.1 Å². The van der Waals surface area contributed by atoms with Crippen LogP contribution in [0.3, 0.4) is 0 Å². The highest BCUT2D eigenvalue weighted by Gasteiger charge is 2.18. The van der Waals surface area contributed by atoms with E-state index in [4.69, 9.17) is 0 Å². The van der Waals surface area contributed by atoms with Gasteiger partial charge in [-0.1, -0.05) is 19.9 Å². The Morgan fingerprint density at radius 2 is 1.89 bits per heavy atom. The van der Waals surface area contributed by atoms with Gasteiger partial charge in [-0.25, -0.2) is 4.79 Å². The van der Waals surface area contributed by atoms with E-state index in [0.29, 0.717) is 10.8 Å². The first kappa shape index (κ1) is 13.1. The second-order valence-corrected chi connectivity index (χ2v) is 6.30. The van der Waals surface area contributed by atoms with Crippen molar-refractivity contribution in [3.05, 3.63) is 33.7 Å². The molecule has 0 amide bonds. The number of aryl methyl sites for hydroxylation is 2. The number of aromatic carboxylic acids is 1. The number of thiophene rings is 1. The maximum Gasteiger partial charge on any atom is 0.346 e. The van der Waals surface area contributed by atoms with Crippen molar-refractivity contribution in [1.29, 1.82) is 0 Å². The molecule has 1 heterocycles. The molecule has 2 rings (SSSR count). The number of hydrogen-bond acceptors (Lipinski definition) is 2. The Balaban J connectivity index is 2.72. The molecule has 96 valence electrons. The number of fused-ring (bicyclic) bond motifs is 1. The first-order chi connectivity index (χ1) is 8.40. The van der Waals surface area contributed by atoms with Gasteiger partial charge in [0.2, 0.25) is 0 Å². The van der Waals surface area contributed by atoms with Gasteiger partial charge >= 0.3 is 5.97 Å². The molecule has 3 heteroatoms. The predicted octanol–water partition coefficient (Wildman–Crippen LogP) is 4.41. The maximum absolute atomic E-state index is 11.4. The lowest BCUT2D eigenvalue weighted by molar-refractivity contribution is 0.0701. The molecule has 0 aliphatic carbocycles. The summed E-state index contributed by atoms with van der Waals surface area (Å²) in [6.45, 7) is 8.38. The van der Waals surface area contributed by atoms with Gasteiger partial charge in [0.05, 0.1) is 0 Å². The summed E-state index contributed by atoms with van der Waals surface area (Å²) >= 11 is 1.40. The van der Waals surface area contributed by atoms with Crippen molar-refractivity contribution < 1.29 is 9.90 Å². The van der Waals surface area contributed by atoms with Crippen LogP contribution in [0.4, 0.5) is 0 Å². The normalized spacial score (nSPS) is 11.4. The van der Waals surface area contributed by atoms with Gasteiger partial charge in [-0.05, 0) is 54.3 Å². The van der Waals surface area contributed by atoms with Crippen LogP contribution in [0.15, 0.2) is 12.1 Å². The molecule has 1 N–H and O–H groups in total. The zero-order valence-electron chi connectivity index (χ0n) is 11.2. The molecular weight excluding hydrogens is 244 g/mol. The zero-order chi connectivity index (χ0) is 13.4. The van der Waals surface area contributed by atoms with Crippen molar-refractivity contribution in [1.82, 2.24) is 0 Å². The summed E-state index contributed by atoms with van der Waals surface area (Å²) < 4.78 is 1.09. The Morgan fingerprint density at radius 1 is 1.28 bits per heavy atom. The van der Waals surface area contributed by atoms with Crippen LogP contribution in [-0.2, 0) is 6.42 Å². The molecule has 18 heavy (non-hydrogen) atoms. The van der Waals surface area contributed by atoms with Gasteiger partial charge < -0.3 is 5.11 Å². The van der Waals surface area contributed by atoms with Gasteiger partial charge in [-0.15, -0.1) is 11.3 Å². The molecule has 0 bridgehead atoms. The van der Waals surface area contributed by atoms with Crippen LogP contribution in [0.5, 0.6) is 0 Å². The Morgan fingerprint density at radius 3 is 2.44 bits per heavy atom. The van der Waals surface area contributed by atoms with Gasteiger partial charge in [0.15, 0.2) is 0 Å². The van der Waals surface area contributed by atoms with E-state index in [1.54, 1.807) is 0 Å². The van der Waals surface area contributed by atoms with Crippen molar-refractivity contribution in [2.24, 2.45) is 5.92 Å². The fourth-order valence-corrected chi connectivity index (χ4v) is 3.34. The average molecular weight is 262 g/mol. The number of carboxylic acid groups (broad SMARTS) is 1. The highest BCUT2D eigenvalue weighted by atomic mass is 32.1. The Kier molecular flexibility index (Phi) is 3.44. The Hall–Kier alpha value is -1.35. The molecule has 0 spiro atoms. The van der Waals surface area contributed by atoms with Crippen LogP contribution in [0.1, 0.15) is 40.2 Å². The smallest absolute Gasteiger partial charge is 0.346 e. The monoisotopic (exact) mass is 262 g/mol. The predicted molar refractivity (Wildman–Crippen MR) is 76.8 cm³/mol. The first-order valence-electron chi connectivity index (χ1n) is 6.16. The van der Waals surface area contributed by atoms with Gasteiger partial charge in [0.25, 0.3) is 0 Å². The molecule has 0 fully saturated rings. The van der Waals surface area contributed by atoms with E-state index >= 15 is 0 Å². The van der Waals surface area contributed by atoms with Crippen molar-refractivity contribution in [3.8, 4) is 0 Å². The van der Waals surface area contributed by atoms with E-state index < -0.39 is 5.97 Å². The molecule has 0 radical (unpaired) electrons. The van der Waals surface area contributed by atoms with E-state index in [9.17, 15) is 9.90 Å². The van der Waals surface area contributed by atoms with Gasteiger partial charge in [0.1, 0.15) is 4.88 Å². The van der Waals surface area contributed by atoms with Crippen LogP contribution in [0.25, 0.3) is 10.1 Å². The third-order valence-corrected chi connectivity index (χ3v) is 4.40. The second kappa shape index (κ2) is 4.73. The van der Waals surface area contributed by atoms with Crippen molar-refractivity contribution in [2.75, 3.05) is 0 Å². The first-order valence-corrected chi connectivity index (χ1v) is 6.97. The number of carbonyl (C=O) groups is 1. The quantitative estimate of drug-likeness (QED) is 0.889. The van der Waals surface area contributed by atoms with Gasteiger partial charge in [-0.2, -0.15) is 0 Å². The van der Waals surface area contributed by atoms with Crippen LogP contribution in [0.2, 0.25) is 0 Å². The standard InChI is InChI=1S/C15H18O2S/c1-8(2)5-12-11-6-9(3)10(4)7-13(11)18-14(12)15(16)17/h6-8H,5H2,1-4H3,(H,16,17). The van der Waals surface area contributed by atoms with Crippen molar-refractivity contribution in [3.63, 3.8) is 0 Å². The minimum Gasteiger partial charge on any atom is -0.477 e. The number of rotatable bonds is 3. The van der Waals surface area contributed by atoms with E-state index in [1.165, 1.54) is 22.5 Å². The SMILES string of the molecule is Cc1cc2sc(C(=O)O)c(CC(C)C)c2cc1C. The Bertz CT molecular complexity index is 608. The molecule has 1 aromatic carbocycles. The molecule has 0 aliphatic heterocycles. The third-order valence-electron chi connectivity index (χ3n) is 3.21. The molecule has 0 aliphatic rings. The minimum atomic E-state index is -0.804. The molecule has 0 atom stereocenters. The molecule has 1 aromatic heterocycles. The molecule has 2 nitrogen and oxygen atoms in total. The average Bonchev–Trinajstić information content (AvgIpc) is 2.57. The number of benzene rings is 1. The summed E-state index contributed by atoms with van der Waals surface area (Å²) in [6, 6.07) is 4.23. The summed E-state index contributed by atoms with van der Waals surface area (Å²) in [5, 5.41) is 10.4. The van der Waals surface area contributed by atoms with E-state index in [0.717, 1.165) is 22.1 Å². The lowest BCUT2D eigenvalue weighted by Gasteiger charge is -2.06. The topological polar surface area (TPSA) is 37.3 Å². The lowest BCUT2D eigenvalue weighted by atomic mass is 9.98. The van der Waals surface area contributed by atoms with Crippen LogP contribution < -0.4 is 0 Å². The Labute approximate surface area is 111 Å². The zero-order valence-corrected chi connectivity index (χ0v) is 12.0. The summed E-state index contributed by atoms with van der Waals surface area (Å²) in [5.74, 6) is -0.343. The van der Waals surface area contributed by atoms with Gasteiger partial charge in [-0.3, -0.25) is 0 Å². The van der Waals surface area contributed by atoms with Crippen molar-refractivity contribution >= 4 is 27.4 Å². The molecule has 0 saturated carbocycles. The summed E-state index contributed by atoms with van der Waals surface area (Å²) in [4.78, 5) is 11.9. The van der Waals surface area contributed by atoms with Crippen LogP contribution >= 0.6 is 11.3 Å². The van der Waals surface area contributed by atoms with E-state index in [1.807, 2.05) is 0 Å². The fourth-order valence-electron chi connectivity index (χ4n) is 2.19. The largest absolute Gasteiger partial charge is 0.477 e. The number of carboxylic acids is 1. The number of hydrogen-bond donors (Lipinski definition) is 1. The lowest BCUT2D eigenvalue weighted by Crippen LogP contribution is -2.01. The molecule has 0 unspecified atom stereocenters. The summed E-state index contributed by atoms with van der Waals surface area (Å²) in [5.41, 5.74) is 3.44. The highest BCUT2D eigenvalue weighted by molar-refractivity contribution is 7.21. The van der Waals surface area contributed by atoms with E-state index in [2.05, 4.69) is 39.8 Å². The molecule has 0 saturated heterocycles. The van der Waals surface area contributed by atoms with E-state index in [-0.39, 0.29) is 0 Å². The second-order valence-electron chi connectivity index (χ2n) is 5.25. The summed E-state index contributed by atoms with van der Waals surface area (Å²) in [6.07, 6.45) is 0.824. The molecular formula is C15H18O2S.